The van der Waals surface area contributed by atoms with E-state index in [0.717, 1.165) is 18.8 Å². The molecule has 1 N–H and O–H groups in total. The van der Waals surface area contributed by atoms with Gasteiger partial charge in [-0.15, -0.1) is 6.58 Å². The summed E-state index contributed by atoms with van der Waals surface area (Å²) in [5.74, 6) is -0.131. The van der Waals surface area contributed by atoms with Gasteiger partial charge in [0.1, 0.15) is 0 Å². The molecule has 1 saturated heterocycles. The highest BCUT2D eigenvalue weighted by Gasteiger charge is 2.19. The molecule has 1 atom stereocenters. The van der Waals surface area contributed by atoms with Crippen LogP contribution in [0.2, 0.25) is 0 Å². The predicted octanol–water partition coefficient (Wildman–Crippen LogP) is 4.69. The van der Waals surface area contributed by atoms with Gasteiger partial charge in [-0.2, -0.15) is 0 Å². The number of rotatable bonds is 7. The number of hydrogen-bond acceptors (Lipinski definition) is 5. The average molecular weight is 449 g/mol. The zero-order valence-electron chi connectivity index (χ0n) is 18.3. The highest BCUT2D eigenvalue weighted by molar-refractivity contribution is 8.00. The molecule has 1 unspecified atom stereocenters. The second-order valence-electron chi connectivity index (χ2n) is 7.96. The zero-order valence-corrected chi connectivity index (χ0v) is 19.1. The lowest BCUT2D eigenvalue weighted by Crippen LogP contribution is -2.29. The number of benzene rings is 2. The van der Waals surface area contributed by atoms with Crippen LogP contribution in [0.5, 0.6) is 0 Å². The Morgan fingerprint density at radius 3 is 2.59 bits per heavy atom. The summed E-state index contributed by atoms with van der Waals surface area (Å²) in [6.07, 6.45) is 5.42. The minimum absolute atomic E-state index is 0.126. The number of aromatic nitrogens is 2. The molecule has 1 fully saturated rings. The number of allylic oxidation sites excluding steroid dienone is 1. The normalized spacial score (nSPS) is 14.8. The van der Waals surface area contributed by atoms with Crippen LogP contribution in [0.1, 0.15) is 26.2 Å². The first-order valence-corrected chi connectivity index (χ1v) is 11.9. The minimum atomic E-state index is -0.430. The molecular weight excluding hydrogens is 420 g/mol. The molecule has 0 bridgehead atoms. The third kappa shape index (κ3) is 4.88. The maximum atomic E-state index is 12.9. The van der Waals surface area contributed by atoms with E-state index < -0.39 is 5.25 Å². The fraction of sp³-hybridized carbons (Fsp3) is 0.320. The summed E-state index contributed by atoms with van der Waals surface area (Å²) >= 11 is 1.28. The molecule has 3 aromatic rings. The van der Waals surface area contributed by atoms with Crippen LogP contribution in [0, 0.1) is 0 Å². The lowest BCUT2D eigenvalue weighted by molar-refractivity contribution is -0.115. The van der Waals surface area contributed by atoms with Crippen molar-refractivity contribution >= 4 is 39.9 Å². The lowest BCUT2D eigenvalue weighted by atomic mass is 10.1. The van der Waals surface area contributed by atoms with Gasteiger partial charge in [-0.05, 0) is 62.6 Å². The second kappa shape index (κ2) is 10.0. The molecule has 1 amide bonds. The summed E-state index contributed by atoms with van der Waals surface area (Å²) in [5.41, 5.74) is 2.46. The van der Waals surface area contributed by atoms with E-state index in [-0.39, 0.29) is 11.5 Å². The van der Waals surface area contributed by atoms with Gasteiger partial charge in [0.05, 0.1) is 16.2 Å². The van der Waals surface area contributed by atoms with Crippen LogP contribution in [0.15, 0.2) is 71.1 Å². The van der Waals surface area contributed by atoms with Gasteiger partial charge in [0.15, 0.2) is 5.16 Å². The molecule has 6 nitrogen and oxygen atoms in total. The predicted molar refractivity (Wildman–Crippen MR) is 133 cm³/mol. The highest BCUT2D eigenvalue weighted by Crippen LogP contribution is 2.25. The number of carbonyl (C=O) groups excluding carboxylic acids is 1. The molecule has 7 heteroatoms. The molecule has 0 saturated carbocycles. The number of nitrogens with one attached hydrogen (secondary N) is 1. The second-order valence-corrected chi connectivity index (χ2v) is 9.27. The molecular formula is C25H28N4O2S. The zero-order chi connectivity index (χ0) is 22.5. The van der Waals surface area contributed by atoms with Gasteiger partial charge >= 0.3 is 0 Å². The van der Waals surface area contributed by atoms with Crippen molar-refractivity contribution in [2.75, 3.05) is 23.3 Å². The number of thioether (sulfide) groups is 1. The molecule has 4 rings (SSSR count). The third-order valence-corrected chi connectivity index (χ3v) is 6.74. The fourth-order valence-corrected chi connectivity index (χ4v) is 4.81. The third-order valence-electron chi connectivity index (χ3n) is 5.65. The van der Waals surface area contributed by atoms with Crippen LogP contribution < -0.4 is 15.8 Å². The fourth-order valence-electron chi connectivity index (χ4n) is 3.89. The first-order chi connectivity index (χ1) is 15.6. The molecule has 32 heavy (non-hydrogen) atoms. The van der Waals surface area contributed by atoms with Crippen molar-refractivity contribution in [2.45, 2.75) is 43.1 Å². The molecule has 0 radical (unpaired) electrons. The largest absolute Gasteiger partial charge is 0.372 e. The Morgan fingerprint density at radius 2 is 1.88 bits per heavy atom. The average Bonchev–Trinajstić information content (AvgIpc) is 2.82. The molecule has 1 aliphatic heterocycles. The minimum Gasteiger partial charge on any atom is -0.372 e. The van der Waals surface area contributed by atoms with Gasteiger partial charge in [-0.3, -0.25) is 14.2 Å². The van der Waals surface area contributed by atoms with Crippen LogP contribution in [-0.4, -0.2) is 33.8 Å². The molecule has 1 aliphatic rings. The van der Waals surface area contributed by atoms with E-state index in [1.54, 1.807) is 16.7 Å². The number of nitrogens with zero attached hydrogens (tertiary/aromatic N) is 3. The molecule has 1 aromatic heterocycles. The van der Waals surface area contributed by atoms with Crippen molar-refractivity contribution in [2.24, 2.45) is 0 Å². The Kier molecular flexibility index (Phi) is 6.95. The van der Waals surface area contributed by atoms with Crippen LogP contribution in [0.25, 0.3) is 10.9 Å². The highest BCUT2D eigenvalue weighted by atomic mass is 32.2. The quantitative estimate of drug-likeness (QED) is 0.323. The Hall–Kier alpha value is -3.06. The van der Waals surface area contributed by atoms with E-state index in [2.05, 4.69) is 33.9 Å². The van der Waals surface area contributed by atoms with Crippen LogP contribution in [0.3, 0.4) is 0 Å². The molecule has 0 aliphatic carbocycles. The topological polar surface area (TPSA) is 67.2 Å². The van der Waals surface area contributed by atoms with Gasteiger partial charge in [0, 0.05) is 31.0 Å². The summed E-state index contributed by atoms with van der Waals surface area (Å²) in [6, 6.07) is 15.3. The molecule has 2 aromatic carbocycles. The van der Waals surface area contributed by atoms with E-state index in [9.17, 15) is 9.59 Å². The maximum absolute atomic E-state index is 12.9. The number of para-hydroxylation sites is 1. The van der Waals surface area contributed by atoms with E-state index in [0.29, 0.717) is 22.6 Å². The van der Waals surface area contributed by atoms with Gasteiger partial charge in [-0.1, -0.05) is 30.0 Å². The molecule has 2 heterocycles. The Labute approximate surface area is 192 Å². The van der Waals surface area contributed by atoms with E-state index in [1.165, 1.54) is 36.7 Å². The summed E-state index contributed by atoms with van der Waals surface area (Å²) in [7, 11) is 0. The number of anilines is 2. The molecule has 166 valence electrons. The number of amides is 1. The monoisotopic (exact) mass is 448 g/mol. The number of carbonyl (C=O) groups is 1. The lowest BCUT2D eigenvalue weighted by Gasteiger charge is -2.28. The Balaban J connectivity index is 1.47. The van der Waals surface area contributed by atoms with Crippen LogP contribution in [-0.2, 0) is 11.3 Å². The Morgan fingerprint density at radius 1 is 1.16 bits per heavy atom. The van der Waals surface area contributed by atoms with Gasteiger partial charge in [0.25, 0.3) is 5.56 Å². The van der Waals surface area contributed by atoms with Crippen molar-refractivity contribution in [1.29, 1.82) is 0 Å². The standard InChI is InChI=1S/C25H28N4O2S/c1-3-15-29-24(31)21-9-5-6-10-22(21)27-25(29)32-18(2)23(30)26-19-11-13-20(14-12-19)28-16-7-4-8-17-28/h3,5-6,9-14,18H,1,4,7-8,15-17H2,2H3,(H,26,30). The molecule has 0 spiro atoms. The Bertz CT molecular complexity index is 1170. The van der Waals surface area contributed by atoms with Crippen molar-refractivity contribution < 1.29 is 4.79 Å². The summed E-state index contributed by atoms with van der Waals surface area (Å²) in [5, 5.41) is 3.62. The number of hydrogen-bond donors (Lipinski definition) is 1. The van der Waals surface area contributed by atoms with Crippen molar-refractivity contribution in [3.8, 4) is 0 Å². The van der Waals surface area contributed by atoms with E-state index in [1.807, 2.05) is 37.3 Å². The summed E-state index contributed by atoms with van der Waals surface area (Å²) < 4.78 is 1.57. The maximum Gasteiger partial charge on any atom is 0.262 e. The smallest absolute Gasteiger partial charge is 0.262 e. The van der Waals surface area contributed by atoms with Gasteiger partial charge in [0.2, 0.25) is 5.91 Å². The van der Waals surface area contributed by atoms with Gasteiger partial charge in [-0.25, -0.2) is 4.98 Å². The van der Waals surface area contributed by atoms with Crippen molar-refractivity contribution in [3.63, 3.8) is 0 Å². The van der Waals surface area contributed by atoms with Crippen molar-refractivity contribution in [3.05, 3.63) is 71.5 Å². The van der Waals surface area contributed by atoms with Crippen LogP contribution >= 0.6 is 11.8 Å². The first kappa shape index (κ1) is 22.1. The van der Waals surface area contributed by atoms with Gasteiger partial charge < -0.3 is 10.2 Å². The van der Waals surface area contributed by atoms with Crippen LogP contribution in [0.4, 0.5) is 11.4 Å². The summed E-state index contributed by atoms with van der Waals surface area (Å²) in [4.78, 5) is 32.8. The SMILES string of the molecule is C=CCn1c(SC(C)C(=O)Nc2ccc(N3CCCCC3)cc2)nc2ccccc2c1=O. The number of piperidine rings is 1. The van der Waals surface area contributed by atoms with Crippen molar-refractivity contribution in [1.82, 2.24) is 9.55 Å². The summed E-state index contributed by atoms with van der Waals surface area (Å²) in [6.45, 7) is 8.09. The van der Waals surface area contributed by atoms with E-state index in [4.69, 9.17) is 0 Å². The first-order valence-electron chi connectivity index (χ1n) is 11.0. The van der Waals surface area contributed by atoms with E-state index >= 15 is 0 Å². The number of fused-ring (bicyclic) bond motifs is 1.